The maximum absolute atomic E-state index is 12.1. The van der Waals surface area contributed by atoms with Gasteiger partial charge in [-0.15, -0.1) is 12.4 Å². The number of hydrogen-bond donors (Lipinski definition) is 2. The van der Waals surface area contributed by atoms with Crippen LogP contribution in [-0.4, -0.2) is 24.5 Å². The Bertz CT molecular complexity index is 228. The Kier molecular flexibility index (Phi) is 8.62. The lowest BCUT2D eigenvalue weighted by molar-refractivity contribution is -0.124. The Morgan fingerprint density at radius 3 is 2.11 bits per heavy atom. The average molecular weight is 277 g/mol. The molecule has 0 spiro atoms. The van der Waals surface area contributed by atoms with Crippen molar-refractivity contribution in [3.63, 3.8) is 0 Å². The summed E-state index contributed by atoms with van der Waals surface area (Å²) in [5, 5.41) is 6.61. The molecule has 3 nitrogen and oxygen atoms in total. The van der Waals surface area contributed by atoms with E-state index in [1.165, 1.54) is 0 Å². The molecule has 2 N–H and O–H groups in total. The molecule has 1 rings (SSSR count). The van der Waals surface area contributed by atoms with Gasteiger partial charge in [0.15, 0.2) is 0 Å². The SMILES string of the molecule is CCC(CC)(CC)NC(=O)CC1CCNCC1.Cl. The summed E-state index contributed by atoms with van der Waals surface area (Å²) in [6.45, 7) is 8.63. The van der Waals surface area contributed by atoms with Gasteiger partial charge in [-0.25, -0.2) is 0 Å². The van der Waals surface area contributed by atoms with E-state index in [1.54, 1.807) is 0 Å². The van der Waals surface area contributed by atoms with E-state index in [9.17, 15) is 4.79 Å². The predicted molar refractivity (Wildman–Crippen MR) is 79.2 cm³/mol. The van der Waals surface area contributed by atoms with Crippen LogP contribution < -0.4 is 10.6 Å². The minimum Gasteiger partial charge on any atom is -0.351 e. The number of halogens is 1. The normalized spacial score (nSPS) is 17.1. The monoisotopic (exact) mass is 276 g/mol. The van der Waals surface area contributed by atoms with E-state index in [4.69, 9.17) is 0 Å². The molecule has 1 heterocycles. The molecule has 108 valence electrons. The van der Waals surface area contributed by atoms with Crippen LogP contribution in [0.1, 0.15) is 59.3 Å². The van der Waals surface area contributed by atoms with E-state index >= 15 is 0 Å². The Morgan fingerprint density at radius 2 is 1.67 bits per heavy atom. The third-order valence-corrected chi connectivity index (χ3v) is 4.37. The maximum atomic E-state index is 12.1. The van der Waals surface area contributed by atoms with Gasteiger partial charge in [0, 0.05) is 12.0 Å². The summed E-state index contributed by atoms with van der Waals surface area (Å²) in [7, 11) is 0. The van der Waals surface area contributed by atoms with Crippen molar-refractivity contribution in [2.75, 3.05) is 13.1 Å². The Morgan fingerprint density at radius 1 is 1.17 bits per heavy atom. The third kappa shape index (κ3) is 5.15. The number of carbonyl (C=O) groups excluding carboxylic acids is 1. The van der Waals surface area contributed by atoms with E-state index in [1.807, 2.05) is 0 Å². The van der Waals surface area contributed by atoms with E-state index < -0.39 is 0 Å². The number of carbonyl (C=O) groups is 1. The Balaban J connectivity index is 0.00000289. The van der Waals surface area contributed by atoms with Gasteiger partial charge < -0.3 is 10.6 Å². The van der Waals surface area contributed by atoms with Crippen molar-refractivity contribution in [1.29, 1.82) is 0 Å². The van der Waals surface area contributed by atoms with Crippen molar-refractivity contribution in [3.8, 4) is 0 Å². The van der Waals surface area contributed by atoms with E-state index in [-0.39, 0.29) is 23.9 Å². The molecule has 0 unspecified atom stereocenters. The van der Waals surface area contributed by atoms with Crippen LogP contribution >= 0.6 is 12.4 Å². The first-order chi connectivity index (χ1) is 8.15. The summed E-state index contributed by atoms with van der Waals surface area (Å²) in [6.07, 6.45) is 6.08. The Labute approximate surface area is 118 Å². The summed E-state index contributed by atoms with van der Waals surface area (Å²) in [6, 6.07) is 0. The minimum atomic E-state index is 0. The third-order valence-electron chi connectivity index (χ3n) is 4.37. The first-order valence-electron chi connectivity index (χ1n) is 7.17. The highest BCUT2D eigenvalue weighted by atomic mass is 35.5. The summed E-state index contributed by atoms with van der Waals surface area (Å²) in [5.41, 5.74) is 0.0317. The van der Waals surface area contributed by atoms with Crippen molar-refractivity contribution in [2.45, 2.75) is 64.8 Å². The van der Waals surface area contributed by atoms with Crippen molar-refractivity contribution >= 4 is 18.3 Å². The molecule has 18 heavy (non-hydrogen) atoms. The van der Waals surface area contributed by atoms with Crippen molar-refractivity contribution in [3.05, 3.63) is 0 Å². The molecule has 0 aromatic rings. The van der Waals surface area contributed by atoms with E-state index in [0.29, 0.717) is 12.3 Å². The molecule has 0 atom stereocenters. The molecule has 1 aliphatic heterocycles. The van der Waals surface area contributed by atoms with Gasteiger partial charge in [0.2, 0.25) is 5.91 Å². The maximum Gasteiger partial charge on any atom is 0.220 e. The molecular weight excluding hydrogens is 248 g/mol. The molecule has 1 saturated heterocycles. The average Bonchev–Trinajstić information content (AvgIpc) is 2.37. The number of piperidine rings is 1. The second-order valence-corrected chi connectivity index (χ2v) is 5.29. The fourth-order valence-corrected chi connectivity index (χ4v) is 2.71. The van der Waals surface area contributed by atoms with Crippen LogP contribution in [0, 0.1) is 5.92 Å². The standard InChI is InChI=1S/C14H28N2O.ClH/c1-4-14(5-2,6-3)16-13(17)11-12-7-9-15-10-8-12;/h12,15H,4-11H2,1-3H3,(H,16,17);1H. The first kappa shape index (κ1) is 17.7. The summed E-state index contributed by atoms with van der Waals surface area (Å²) in [5.74, 6) is 0.835. The zero-order valence-electron chi connectivity index (χ0n) is 12.1. The van der Waals surface area contributed by atoms with Gasteiger partial charge in [0.1, 0.15) is 0 Å². The van der Waals surface area contributed by atoms with Crippen LogP contribution in [0.3, 0.4) is 0 Å². The molecule has 0 bridgehead atoms. The number of nitrogens with one attached hydrogen (secondary N) is 2. The fourth-order valence-electron chi connectivity index (χ4n) is 2.71. The molecule has 0 aromatic heterocycles. The number of amides is 1. The second-order valence-electron chi connectivity index (χ2n) is 5.29. The van der Waals surface area contributed by atoms with Gasteiger partial charge in [-0.2, -0.15) is 0 Å². The molecule has 1 amide bonds. The van der Waals surface area contributed by atoms with Gasteiger partial charge in [-0.3, -0.25) is 4.79 Å². The zero-order chi connectivity index (χ0) is 12.7. The second kappa shape index (κ2) is 8.76. The molecule has 4 heteroatoms. The quantitative estimate of drug-likeness (QED) is 0.783. The van der Waals surface area contributed by atoms with Gasteiger partial charge in [-0.1, -0.05) is 20.8 Å². The van der Waals surface area contributed by atoms with Crippen LogP contribution in [-0.2, 0) is 4.79 Å². The lowest BCUT2D eigenvalue weighted by Crippen LogP contribution is -2.47. The molecule has 0 aliphatic carbocycles. The summed E-state index contributed by atoms with van der Waals surface area (Å²) < 4.78 is 0. The van der Waals surface area contributed by atoms with Gasteiger partial charge >= 0.3 is 0 Å². The highest BCUT2D eigenvalue weighted by Gasteiger charge is 2.27. The predicted octanol–water partition coefficient (Wildman–Crippen LogP) is 2.88. The molecular formula is C14H29ClN2O. The lowest BCUT2D eigenvalue weighted by Gasteiger charge is -2.33. The zero-order valence-corrected chi connectivity index (χ0v) is 12.9. The molecule has 0 saturated carbocycles. The van der Waals surface area contributed by atoms with Crippen LogP contribution in [0.25, 0.3) is 0 Å². The van der Waals surface area contributed by atoms with Gasteiger partial charge in [-0.05, 0) is 51.1 Å². The highest BCUT2D eigenvalue weighted by molar-refractivity contribution is 5.85. The van der Waals surface area contributed by atoms with E-state index in [2.05, 4.69) is 31.4 Å². The first-order valence-corrected chi connectivity index (χ1v) is 7.17. The Hall–Kier alpha value is -0.280. The van der Waals surface area contributed by atoms with Crippen molar-refractivity contribution in [1.82, 2.24) is 10.6 Å². The highest BCUT2D eigenvalue weighted by Crippen LogP contribution is 2.21. The smallest absolute Gasteiger partial charge is 0.220 e. The molecule has 1 aliphatic rings. The summed E-state index contributed by atoms with van der Waals surface area (Å²) >= 11 is 0. The van der Waals surface area contributed by atoms with Crippen LogP contribution in [0.5, 0.6) is 0 Å². The van der Waals surface area contributed by atoms with Crippen LogP contribution in [0.2, 0.25) is 0 Å². The van der Waals surface area contributed by atoms with Crippen LogP contribution in [0.4, 0.5) is 0 Å². The minimum absolute atomic E-state index is 0. The van der Waals surface area contributed by atoms with Crippen molar-refractivity contribution in [2.24, 2.45) is 5.92 Å². The number of hydrogen-bond acceptors (Lipinski definition) is 2. The topological polar surface area (TPSA) is 41.1 Å². The fraction of sp³-hybridized carbons (Fsp3) is 0.929. The van der Waals surface area contributed by atoms with Gasteiger partial charge in [0.05, 0.1) is 0 Å². The molecule has 1 fully saturated rings. The molecule has 0 radical (unpaired) electrons. The van der Waals surface area contributed by atoms with Crippen molar-refractivity contribution < 1.29 is 4.79 Å². The summed E-state index contributed by atoms with van der Waals surface area (Å²) in [4.78, 5) is 12.1. The largest absolute Gasteiger partial charge is 0.351 e. The molecule has 0 aromatic carbocycles. The lowest BCUT2D eigenvalue weighted by atomic mass is 9.88. The van der Waals surface area contributed by atoms with Crippen LogP contribution in [0.15, 0.2) is 0 Å². The van der Waals surface area contributed by atoms with Gasteiger partial charge in [0.25, 0.3) is 0 Å². The number of rotatable bonds is 6. The van der Waals surface area contributed by atoms with E-state index in [0.717, 1.165) is 45.2 Å².